The van der Waals surface area contributed by atoms with Gasteiger partial charge in [-0.3, -0.25) is 14.8 Å². The van der Waals surface area contributed by atoms with Crippen LogP contribution in [0, 0.1) is 16.2 Å². The van der Waals surface area contributed by atoms with Crippen molar-refractivity contribution in [1.82, 2.24) is 9.78 Å². The number of nitrogens with zero attached hydrogens (tertiary/aromatic N) is 3. The van der Waals surface area contributed by atoms with E-state index in [1.807, 2.05) is 0 Å². The lowest BCUT2D eigenvalue weighted by Crippen LogP contribution is -1.96. The van der Waals surface area contributed by atoms with E-state index in [2.05, 4.69) is 11.2 Å². The summed E-state index contributed by atoms with van der Waals surface area (Å²) >= 11 is 0. The zero-order valence-corrected chi connectivity index (χ0v) is 9.38. The smallest absolute Gasteiger partial charge is 0.312 e. The molecule has 17 heavy (non-hydrogen) atoms. The zero-order valence-electron chi connectivity index (χ0n) is 9.38. The van der Waals surface area contributed by atoms with Crippen LogP contribution in [0.5, 0.6) is 5.75 Å². The monoisotopic (exact) mass is 232 g/mol. The molecule has 6 nitrogen and oxygen atoms in total. The van der Waals surface area contributed by atoms with Crippen LogP contribution in [0.3, 0.4) is 0 Å². The van der Waals surface area contributed by atoms with Gasteiger partial charge in [0.1, 0.15) is 0 Å². The van der Waals surface area contributed by atoms with Gasteiger partial charge < -0.3 is 4.74 Å². The average Bonchev–Trinajstić information content (AvgIpc) is 2.74. The highest BCUT2D eigenvalue weighted by molar-refractivity contribution is 5.72. The maximum absolute atomic E-state index is 10.8. The van der Waals surface area contributed by atoms with Gasteiger partial charge in [0.25, 0.3) is 0 Å². The predicted octanol–water partition coefficient (Wildman–Crippen LogP) is 1.80. The van der Waals surface area contributed by atoms with Gasteiger partial charge in [-0.15, -0.1) is 0 Å². The van der Waals surface area contributed by atoms with Crippen molar-refractivity contribution < 1.29 is 9.66 Å². The van der Waals surface area contributed by atoms with E-state index in [1.54, 1.807) is 30.1 Å². The summed E-state index contributed by atoms with van der Waals surface area (Å²) in [6, 6.07) is 7.38. The molecule has 0 bridgehead atoms. The van der Waals surface area contributed by atoms with Crippen LogP contribution >= 0.6 is 0 Å². The van der Waals surface area contributed by atoms with Gasteiger partial charge in [0.05, 0.1) is 23.3 Å². The first-order valence-corrected chi connectivity index (χ1v) is 4.86. The molecule has 1 radical (unpaired) electrons. The Hall–Kier alpha value is -2.37. The fourth-order valence-electron chi connectivity index (χ4n) is 1.57. The standard InChI is InChI=1S/C11H10N3O3/c1-13-7-6-9(12-13)8-4-3-5-10(14(15)16)11(8)17-2/h4-7H,1-2H3. The number of nitro groups is 1. The molecule has 0 aliphatic heterocycles. The Labute approximate surface area is 97.6 Å². The quantitative estimate of drug-likeness (QED) is 0.597. The number of aryl methyl sites for hydroxylation is 1. The van der Waals surface area contributed by atoms with Crippen molar-refractivity contribution in [3.05, 3.63) is 40.6 Å². The third kappa shape index (κ3) is 1.96. The van der Waals surface area contributed by atoms with E-state index < -0.39 is 4.92 Å². The molecule has 87 valence electrons. The Morgan fingerprint density at radius 3 is 2.82 bits per heavy atom. The van der Waals surface area contributed by atoms with Crippen LogP contribution in [0.2, 0.25) is 0 Å². The maximum Gasteiger partial charge on any atom is 0.312 e. The van der Waals surface area contributed by atoms with E-state index >= 15 is 0 Å². The van der Waals surface area contributed by atoms with Crippen molar-refractivity contribution in [3.8, 4) is 17.0 Å². The molecule has 0 N–H and O–H groups in total. The molecule has 0 unspecified atom stereocenters. The Kier molecular flexibility index (Phi) is 2.78. The second-order valence-corrected chi connectivity index (χ2v) is 3.42. The van der Waals surface area contributed by atoms with E-state index in [9.17, 15) is 10.1 Å². The zero-order chi connectivity index (χ0) is 12.4. The van der Waals surface area contributed by atoms with Crippen molar-refractivity contribution in [1.29, 1.82) is 0 Å². The molecule has 0 aliphatic carbocycles. The lowest BCUT2D eigenvalue weighted by Gasteiger charge is -2.05. The minimum absolute atomic E-state index is 0.115. The lowest BCUT2D eigenvalue weighted by molar-refractivity contribution is -0.385. The van der Waals surface area contributed by atoms with Crippen molar-refractivity contribution in [3.63, 3.8) is 0 Å². The molecule has 0 saturated carbocycles. The first kappa shape index (κ1) is 11.1. The van der Waals surface area contributed by atoms with Gasteiger partial charge in [-0.05, 0) is 18.2 Å². The molecule has 1 heterocycles. The molecule has 2 rings (SSSR count). The summed E-state index contributed by atoms with van der Waals surface area (Å²) in [4.78, 5) is 10.4. The molecular weight excluding hydrogens is 222 g/mol. The topological polar surface area (TPSA) is 70.2 Å². The summed E-state index contributed by atoms with van der Waals surface area (Å²) in [7, 11) is 3.17. The first-order valence-electron chi connectivity index (χ1n) is 4.86. The summed E-state index contributed by atoms with van der Waals surface area (Å²) in [6.07, 6.45) is 1.76. The van der Waals surface area contributed by atoms with Crippen molar-refractivity contribution in [2.75, 3.05) is 7.11 Å². The second-order valence-electron chi connectivity index (χ2n) is 3.42. The number of nitro benzene ring substituents is 1. The SMILES string of the molecule is COc1c(-c2ccn(C)n2)c[c]cc1[N+](=O)[O-]. The Bertz CT molecular complexity index is 563. The molecular formula is C11H10N3O3. The van der Waals surface area contributed by atoms with Crippen LogP contribution in [0.4, 0.5) is 5.69 Å². The Morgan fingerprint density at radius 1 is 1.53 bits per heavy atom. The summed E-state index contributed by atoms with van der Waals surface area (Å²) < 4.78 is 6.71. The summed E-state index contributed by atoms with van der Waals surface area (Å²) in [5.74, 6) is 0.201. The average molecular weight is 232 g/mol. The highest BCUT2D eigenvalue weighted by atomic mass is 16.6. The molecule has 2 aromatic rings. The molecule has 0 aliphatic rings. The molecule has 1 aromatic carbocycles. The molecule has 0 spiro atoms. The fourth-order valence-corrected chi connectivity index (χ4v) is 1.57. The van der Waals surface area contributed by atoms with E-state index in [-0.39, 0.29) is 11.4 Å². The Balaban J connectivity index is 2.61. The summed E-state index contributed by atoms with van der Waals surface area (Å²) in [5, 5.41) is 15.0. The predicted molar refractivity (Wildman–Crippen MR) is 60.7 cm³/mol. The summed E-state index contributed by atoms with van der Waals surface area (Å²) in [5.41, 5.74) is 1.06. The minimum atomic E-state index is -0.498. The third-order valence-corrected chi connectivity index (χ3v) is 2.32. The number of hydrogen-bond acceptors (Lipinski definition) is 4. The van der Waals surface area contributed by atoms with E-state index in [0.29, 0.717) is 11.3 Å². The number of ether oxygens (including phenoxy) is 1. The molecule has 0 fully saturated rings. The summed E-state index contributed by atoms with van der Waals surface area (Å²) in [6.45, 7) is 0. The van der Waals surface area contributed by atoms with E-state index in [0.717, 1.165) is 0 Å². The van der Waals surface area contributed by atoms with Crippen LogP contribution in [-0.2, 0) is 7.05 Å². The number of hydrogen-bond donors (Lipinski definition) is 0. The number of aromatic nitrogens is 2. The van der Waals surface area contributed by atoms with Crippen molar-refractivity contribution in [2.45, 2.75) is 0 Å². The minimum Gasteiger partial charge on any atom is -0.490 e. The molecule has 0 amide bonds. The van der Waals surface area contributed by atoms with Crippen LogP contribution < -0.4 is 4.74 Å². The van der Waals surface area contributed by atoms with Crippen molar-refractivity contribution >= 4 is 5.69 Å². The van der Waals surface area contributed by atoms with Gasteiger partial charge in [0, 0.05) is 19.3 Å². The Morgan fingerprint density at radius 2 is 2.29 bits per heavy atom. The normalized spacial score (nSPS) is 10.2. The molecule has 0 atom stereocenters. The van der Waals surface area contributed by atoms with Gasteiger partial charge in [-0.25, -0.2) is 0 Å². The highest BCUT2D eigenvalue weighted by Gasteiger charge is 2.20. The maximum atomic E-state index is 10.8. The first-order chi connectivity index (χ1) is 8.13. The molecule has 6 heteroatoms. The second kappa shape index (κ2) is 4.25. The van der Waals surface area contributed by atoms with E-state index in [1.165, 1.54) is 13.2 Å². The molecule has 0 saturated heterocycles. The van der Waals surface area contributed by atoms with Crippen LogP contribution in [0.25, 0.3) is 11.3 Å². The molecule has 1 aromatic heterocycles. The van der Waals surface area contributed by atoms with Gasteiger partial charge >= 0.3 is 5.69 Å². The number of benzene rings is 1. The van der Waals surface area contributed by atoms with Crippen LogP contribution in [0.15, 0.2) is 24.4 Å². The van der Waals surface area contributed by atoms with Gasteiger partial charge in [0.15, 0.2) is 0 Å². The third-order valence-electron chi connectivity index (χ3n) is 2.32. The van der Waals surface area contributed by atoms with Gasteiger partial charge in [-0.2, -0.15) is 5.10 Å². The number of methoxy groups -OCH3 is 1. The lowest BCUT2D eigenvalue weighted by atomic mass is 10.1. The van der Waals surface area contributed by atoms with Gasteiger partial charge in [0.2, 0.25) is 5.75 Å². The largest absolute Gasteiger partial charge is 0.490 e. The highest BCUT2D eigenvalue weighted by Crippen LogP contribution is 2.36. The van der Waals surface area contributed by atoms with E-state index in [4.69, 9.17) is 4.74 Å². The fraction of sp³-hybridized carbons (Fsp3) is 0.182. The van der Waals surface area contributed by atoms with Crippen LogP contribution in [-0.4, -0.2) is 21.8 Å². The van der Waals surface area contributed by atoms with Crippen molar-refractivity contribution in [2.24, 2.45) is 7.05 Å². The van der Waals surface area contributed by atoms with Crippen LogP contribution in [0.1, 0.15) is 0 Å². The number of rotatable bonds is 3. The van der Waals surface area contributed by atoms with Gasteiger partial charge in [-0.1, -0.05) is 0 Å².